The van der Waals surface area contributed by atoms with Crippen molar-refractivity contribution in [3.8, 4) is 16.9 Å². The molecule has 6 N–H and O–H groups in total. The number of carbonyl (C=O) groups is 4. The Morgan fingerprint density at radius 1 is 1.06 bits per heavy atom. The molecule has 5 rings (SSSR count). The Kier molecular flexibility index (Phi) is 5.15. The summed E-state index contributed by atoms with van der Waals surface area (Å²) < 4.78 is 0. The number of benzene rings is 2. The number of aliphatic hydroxyl groups is 3. The Morgan fingerprint density at radius 3 is 2.44 bits per heavy atom. The first-order chi connectivity index (χ1) is 17.0. The molecule has 36 heavy (non-hydrogen) atoms. The van der Waals surface area contributed by atoms with Crippen molar-refractivity contribution in [3.63, 3.8) is 0 Å². The van der Waals surface area contributed by atoms with E-state index in [-0.39, 0.29) is 41.9 Å². The van der Waals surface area contributed by atoms with Crippen molar-refractivity contribution < 1.29 is 39.6 Å². The molecule has 0 aliphatic heterocycles. The van der Waals surface area contributed by atoms with Gasteiger partial charge in [-0.05, 0) is 54.5 Å². The highest BCUT2D eigenvalue weighted by molar-refractivity contribution is 6.22. The molecule has 3 aliphatic carbocycles. The van der Waals surface area contributed by atoms with E-state index < -0.39 is 52.0 Å². The zero-order valence-electron chi connectivity index (χ0n) is 19.2. The molecule has 3 unspecified atom stereocenters. The van der Waals surface area contributed by atoms with Crippen LogP contribution in [0.4, 0.5) is 0 Å². The van der Waals surface area contributed by atoms with Crippen LogP contribution in [0.3, 0.4) is 0 Å². The zero-order chi connectivity index (χ0) is 26.1. The first-order valence-electron chi connectivity index (χ1n) is 11.4. The molecular weight excluding hydrogens is 466 g/mol. The van der Waals surface area contributed by atoms with Crippen LogP contribution in [-0.2, 0) is 20.8 Å². The molecule has 1 amide bonds. The number of fused-ring (bicyclic) bond motifs is 3. The molecule has 0 aromatic heterocycles. The van der Waals surface area contributed by atoms with Gasteiger partial charge in [-0.3, -0.25) is 19.2 Å². The van der Waals surface area contributed by atoms with Crippen LogP contribution in [0.2, 0.25) is 0 Å². The van der Waals surface area contributed by atoms with Gasteiger partial charge in [-0.25, -0.2) is 0 Å². The lowest BCUT2D eigenvalue weighted by Crippen LogP contribution is -2.58. The van der Waals surface area contributed by atoms with Crippen LogP contribution in [0.5, 0.6) is 5.75 Å². The van der Waals surface area contributed by atoms with Gasteiger partial charge in [0.25, 0.3) is 5.91 Å². The van der Waals surface area contributed by atoms with Gasteiger partial charge in [-0.15, -0.1) is 0 Å². The van der Waals surface area contributed by atoms with Gasteiger partial charge >= 0.3 is 0 Å². The van der Waals surface area contributed by atoms with Gasteiger partial charge in [0.05, 0.1) is 5.56 Å². The summed E-state index contributed by atoms with van der Waals surface area (Å²) in [5.74, 6) is -6.83. The molecule has 0 spiro atoms. The molecule has 2 aromatic carbocycles. The average molecular weight is 489 g/mol. The standard InChI is InChI=1S/C27H23NO8/c1-11(29)12-3-2-4-13(7-12)16-5-6-18(30)21-17(16)9-14-8-15-10-19(31)22(26(28)35)25(34)27(15,36)24(33)20(14)23(21)32/h2-7,14-15,30,32,34,36H,8-10H2,1H3,(H2,28,35). The van der Waals surface area contributed by atoms with Crippen LogP contribution in [0.15, 0.2) is 53.3 Å². The molecule has 3 aliphatic rings. The van der Waals surface area contributed by atoms with Crippen molar-refractivity contribution in [2.24, 2.45) is 17.6 Å². The number of carbonyl (C=O) groups excluding carboxylic acids is 4. The topological polar surface area (TPSA) is 175 Å². The molecule has 9 heteroatoms. The number of Topliss-reactive ketones (excluding diaryl/α,β-unsaturated/α-hetero) is 3. The number of phenols is 1. The molecule has 0 bridgehead atoms. The first-order valence-corrected chi connectivity index (χ1v) is 11.4. The predicted molar refractivity (Wildman–Crippen MR) is 127 cm³/mol. The Bertz CT molecular complexity index is 1470. The summed E-state index contributed by atoms with van der Waals surface area (Å²) in [4.78, 5) is 49.7. The normalized spacial score (nSPS) is 25.3. The molecule has 9 nitrogen and oxygen atoms in total. The fraction of sp³-hybridized carbons (Fsp3) is 0.259. The third-order valence-electron chi connectivity index (χ3n) is 7.53. The highest BCUT2D eigenvalue weighted by Gasteiger charge is 2.60. The van der Waals surface area contributed by atoms with E-state index in [2.05, 4.69) is 0 Å². The summed E-state index contributed by atoms with van der Waals surface area (Å²) in [7, 11) is 0. The molecule has 1 fully saturated rings. The predicted octanol–water partition coefficient (Wildman–Crippen LogP) is 2.29. The second-order valence-corrected chi connectivity index (χ2v) is 9.53. The largest absolute Gasteiger partial charge is 0.508 e. The van der Waals surface area contributed by atoms with Crippen molar-refractivity contribution in [3.05, 3.63) is 70.0 Å². The van der Waals surface area contributed by atoms with Crippen LogP contribution >= 0.6 is 0 Å². The number of phenolic OH excluding ortho intramolecular Hbond substituents is 1. The second-order valence-electron chi connectivity index (χ2n) is 9.53. The molecule has 1 saturated carbocycles. The summed E-state index contributed by atoms with van der Waals surface area (Å²) in [6.45, 7) is 1.44. The summed E-state index contributed by atoms with van der Waals surface area (Å²) >= 11 is 0. The minimum absolute atomic E-state index is 0.00728. The molecule has 2 aromatic rings. The molecule has 0 radical (unpaired) electrons. The van der Waals surface area contributed by atoms with Gasteiger partial charge in [0, 0.05) is 23.5 Å². The lowest BCUT2D eigenvalue weighted by atomic mass is 9.59. The number of hydrogen-bond acceptors (Lipinski definition) is 8. The van der Waals surface area contributed by atoms with Crippen molar-refractivity contribution in [2.45, 2.75) is 31.8 Å². The van der Waals surface area contributed by atoms with Gasteiger partial charge in [-0.2, -0.15) is 0 Å². The second kappa shape index (κ2) is 7.89. The fourth-order valence-corrected chi connectivity index (χ4v) is 5.80. The zero-order valence-corrected chi connectivity index (χ0v) is 19.2. The van der Waals surface area contributed by atoms with Crippen LogP contribution in [0.25, 0.3) is 16.9 Å². The molecule has 3 atom stereocenters. The van der Waals surface area contributed by atoms with E-state index in [1.165, 1.54) is 13.0 Å². The number of aromatic hydroxyl groups is 1. The lowest BCUT2D eigenvalue weighted by Gasteiger charge is -2.46. The third-order valence-corrected chi connectivity index (χ3v) is 7.53. The van der Waals surface area contributed by atoms with E-state index in [9.17, 15) is 39.6 Å². The highest BCUT2D eigenvalue weighted by Crippen LogP contribution is 2.53. The van der Waals surface area contributed by atoms with Gasteiger partial charge in [-0.1, -0.05) is 24.3 Å². The van der Waals surface area contributed by atoms with E-state index >= 15 is 0 Å². The number of nitrogens with two attached hydrogens (primary N) is 1. The quantitative estimate of drug-likeness (QED) is 0.322. The number of primary amides is 1. The molecule has 0 saturated heterocycles. The molecule has 184 valence electrons. The number of rotatable bonds is 3. The van der Waals surface area contributed by atoms with Gasteiger partial charge in [0.1, 0.15) is 22.8 Å². The van der Waals surface area contributed by atoms with E-state index in [4.69, 9.17) is 5.73 Å². The van der Waals surface area contributed by atoms with Gasteiger partial charge in [0.2, 0.25) is 5.78 Å². The number of aliphatic hydroxyl groups excluding tert-OH is 2. The number of amides is 1. The van der Waals surface area contributed by atoms with Crippen LogP contribution in [0.1, 0.15) is 41.3 Å². The first kappa shape index (κ1) is 23.5. The van der Waals surface area contributed by atoms with Crippen LogP contribution < -0.4 is 5.73 Å². The number of ketones is 3. The summed E-state index contributed by atoms with van der Waals surface area (Å²) in [5, 5.41) is 43.8. The summed E-state index contributed by atoms with van der Waals surface area (Å²) in [6, 6.07) is 9.90. The smallest absolute Gasteiger partial charge is 0.255 e. The van der Waals surface area contributed by atoms with Gasteiger partial charge < -0.3 is 26.2 Å². The Labute approximate surface area is 205 Å². The average Bonchev–Trinajstić information content (AvgIpc) is 2.81. The Morgan fingerprint density at radius 2 is 1.78 bits per heavy atom. The summed E-state index contributed by atoms with van der Waals surface area (Å²) in [6.07, 6.45) is -0.149. The van der Waals surface area contributed by atoms with E-state index in [1.54, 1.807) is 30.3 Å². The minimum atomic E-state index is -2.60. The van der Waals surface area contributed by atoms with E-state index in [1.807, 2.05) is 0 Å². The SMILES string of the molecule is CC(=O)c1cccc(-c2ccc(O)c3c2CC2CC4CC(=O)C(C(N)=O)=C(O)C4(O)C(=O)C2=C3O)c1. The van der Waals surface area contributed by atoms with Crippen molar-refractivity contribution in [2.75, 3.05) is 0 Å². The maximum absolute atomic E-state index is 13.6. The maximum atomic E-state index is 13.6. The molecular formula is C27H23NO8. The minimum Gasteiger partial charge on any atom is -0.508 e. The van der Waals surface area contributed by atoms with Crippen molar-refractivity contribution in [1.82, 2.24) is 0 Å². The summed E-state index contributed by atoms with van der Waals surface area (Å²) in [5.41, 5.74) is 3.93. The van der Waals surface area contributed by atoms with Gasteiger partial charge in [0.15, 0.2) is 17.2 Å². The Balaban J connectivity index is 1.70. The van der Waals surface area contributed by atoms with E-state index in [0.717, 1.165) is 0 Å². The third kappa shape index (κ3) is 3.12. The maximum Gasteiger partial charge on any atom is 0.255 e. The van der Waals surface area contributed by atoms with E-state index in [0.29, 0.717) is 22.3 Å². The van der Waals surface area contributed by atoms with Crippen molar-refractivity contribution >= 4 is 29.0 Å². The van der Waals surface area contributed by atoms with Crippen LogP contribution in [0, 0.1) is 11.8 Å². The number of hydrogen-bond donors (Lipinski definition) is 5. The monoisotopic (exact) mass is 489 g/mol. The lowest BCUT2D eigenvalue weighted by molar-refractivity contribution is -0.147. The van der Waals surface area contributed by atoms with Crippen LogP contribution in [-0.4, -0.2) is 49.3 Å². The molecule has 0 heterocycles. The highest BCUT2D eigenvalue weighted by atomic mass is 16.3. The van der Waals surface area contributed by atoms with Crippen molar-refractivity contribution in [1.29, 1.82) is 0 Å². The Hall–Kier alpha value is -4.24. The fourth-order valence-electron chi connectivity index (χ4n) is 5.80.